The van der Waals surface area contributed by atoms with Gasteiger partial charge in [-0.3, -0.25) is 0 Å². The van der Waals surface area contributed by atoms with Crippen molar-refractivity contribution in [1.29, 1.82) is 5.26 Å². The Morgan fingerprint density at radius 1 is 1.64 bits per heavy atom. The van der Waals surface area contributed by atoms with Crippen LogP contribution in [0, 0.1) is 17.2 Å². The third-order valence-electron chi connectivity index (χ3n) is 2.38. The molecule has 80 valence electrons. The van der Waals surface area contributed by atoms with Crippen molar-refractivity contribution in [3.8, 4) is 6.07 Å². The molecule has 14 heavy (non-hydrogen) atoms. The molecule has 1 aliphatic rings. The Balaban J connectivity index is 2.54. The Morgan fingerprint density at radius 3 is 2.93 bits per heavy atom. The van der Waals surface area contributed by atoms with Crippen LogP contribution < -0.4 is 5.32 Å². The van der Waals surface area contributed by atoms with Gasteiger partial charge in [0.25, 0.3) is 0 Å². The van der Waals surface area contributed by atoms with Gasteiger partial charge in [0, 0.05) is 13.1 Å². The van der Waals surface area contributed by atoms with E-state index in [-0.39, 0.29) is 0 Å². The summed E-state index contributed by atoms with van der Waals surface area (Å²) in [6.07, 6.45) is 0.880. The maximum Gasteiger partial charge on any atom is 0.227 e. The van der Waals surface area contributed by atoms with Gasteiger partial charge >= 0.3 is 0 Å². The minimum atomic E-state index is -3.32. The molecule has 0 aliphatic carbocycles. The molecule has 1 fully saturated rings. The van der Waals surface area contributed by atoms with Crippen LogP contribution in [-0.2, 0) is 10.0 Å². The van der Waals surface area contributed by atoms with E-state index in [1.54, 1.807) is 6.07 Å². The average Bonchev–Trinajstić information content (AvgIpc) is 2.54. The van der Waals surface area contributed by atoms with Crippen LogP contribution in [-0.4, -0.2) is 45.2 Å². The summed E-state index contributed by atoms with van der Waals surface area (Å²) in [7, 11) is -1.46. The zero-order valence-corrected chi connectivity index (χ0v) is 9.05. The number of sulfonamides is 1. The minimum absolute atomic E-state index is 0.383. The van der Waals surface area contributed by atoms with E-state index in [2.05, 4.69) is 5.32 Å². The molecule has 0 bridgehead atoms. The smallest absolute Gasteiger partial charge is 0.227 e. The summed E-state index contributed by atoms with van der Waals surface area (Å²) in [5.41, 5.74) is 0. The van der Waals surface area contributed by atoms with E-state index in [9.17, 15) is 8.42 Å². The van der Waals surface area contributed by atoms with Crippen LogP contribution in [0.4, 0.5) is 0 Å². The monoisotopic (exact) mass is 217 g/mol. The lowest BCUT2D eigenvalue weighted by Gasteiger charge is -2.14. The molecule has 1 N–H and O–H groups in total. The van der Waals surface area contributed by atoms with Crippen molar-refractivity contribution in [2.45, 2.75) is 6.42 Å². The molecule has 0 spiro atoms. The number of hydrogen-bond donors (Lipinski definition) is 1. The Morgan fingerprint density at radius 2 is 2.36 bits per heavy atom. The van der Waals surface area contributed by atoms with Crippen molar-refractivity contribution >= 4 is 10.0 Å². The van der Waals surface area contributed by atoms with Crippen molar-refractivity contribution in [3.05, 3.63) is 0 Å². The summed E-state index contributed by atoms with van der Waals surface area (Å²) in [6.45, 7) is 1.93. The van der Waals surface area contributed by atoms with Crippen molar-refractivity contribution < 1.29 is 8.42 Å². The second-order valence-corrected chi connectivity index (χ2v) is 5.45. The van der Waals surface area contributed by atoms with Gasteiger partial charge in [0.1, 0.15) is 0 Å². The number of rotatable bonds is 4. The normalized spacial score (nSPS) is 23.6. The Kier molecular flexibility index (Phi) is 3.86. The topological polar surface area (TPSA) is 73.2 Å². The molecule has 1 saturated heterocycles. The predicted octanol–water partition coefficient (Wildman–Crippen LogP) is -0.619. The van der Waals surface area contributed by atoms with Crippen LogP contribution in [0.3, 0.4) is 0 Å². The molecule has 5 nitrogen and oxygen atoms in total. The first-order valence-corrected chi connectivity index (χ1v) is 6.20. The Bertz CT molecular complexity index is 320. The highest BCUT2D eigenvalue weighted by Crippen LogP contribution is 2.18. The molecule has 0 radical (unpaired) electrons. The Labute approximate surface area is 84.8 Å². The van der Waals surface area contributed by atoms with Gasteiger partial charge in [-0.1, -0.05) is 0 Å². The number of nitrogens with zero attached hydrogens (tertiary/aromatic N) is 2. The highest BCUT2D eigenvalue weighted by atomic mass is 32.2. The molecule has 1 heterocycles. The van der Waals surface area contributed by atoms with Crippen molar-refractivity contribution in [2.75, 3.05) is 32.4 Å². The van der Waals surface area contributed by atoms with Gasteiger partial charge in [0.15, 0.2) is 5.75 Å². The Hall–Kier alpha value is -0.640. The average molecular weight is 217 g/mol. The van der Waals surface area contributed by atoms with E-state index in [1.165, 1.54) is 4.31 Å². The van der Waals surface area contributed by atoms with Crippen molar-refractivity contribution in [2.24, 2.45) is 5.92 Å². The van der Waals surface area contributed by atoms with E-state index >= 15 is 0 Å². The first-order chi connectivity index (χ1) is 6.60. The molecular weight excluding hydrogens is 202 g/mol. The molecule has 1 atom stereocenters. The van der Waals surface area contributed by atoms with Crippen LogP contribution in [0.1, 0.15) is 6.42 Å². The van der Waals surface area contributed by atoms with E-state index in [4.69, 9.17) is 5.26 Å². The summed E-state index contributed by atoms with van der Waals surface area (Å²) >= 11 is 0. The van der Waals surface area contributed by atoms with Crippen LogP contribution in [0.25, 0.3) is 0 Å². The zero-order valence-electron chi connectivity index (χ0n) is 8.23. The molecule has 1 aliphatic heterocycles. The fourth-order valence-corrected chi connectivity index (χ4v) is 2.85. The van der Waals surface area contributed by atoms with Gasteiger partial charge < -0.3 is 5.32 Å². The third-order valence-corrected chi connectivity index (χ3v) is 3.99. The minimum Gasteiger partial charge on any atom is -0.319 e. The summed E-state index contributed by atoms with van der Waals surface area (Å²) < 4.78 is 24.3. The summed E-state index contributed by atoms with van der Waals surface area (Å²) in [5.74, 6) is -0.0207. The largest absolute Gasteiger partial charge is 0.319 e. The number of nitrogens with one attached hydrogen (secondary N) is 1. The fourth-order valence-electron chi connectivity index (χ4n) is 1.68. The van der Waals surface area contributed by atoms with Gasteiger partial charge in [-0.2, -0.15) is 5.26 Å². The summed E-state index contributed by atoms with van der Waals surface area (Å²) in [4.78, 5) is 0. The molecule has 0 saturated carbocycles. The quantitative estimate of drug-likeness (QED) is 0.681. The van der Waals surface area contributed by atoms with Crippen LogP contribution in [0.2, 0.25) is 0 Å². The highest BCUT2D eigenvalue weighted by molar-refractivity contribution is 7.89. The lowest BCUT2D eigenvalue weighted by molar-refractivity contribution is 0.453. The molecule has 0 amide bonds. The number of nitriles is 1. The molecule has 1 rings (SSSR count). The first-order valence-electron chi connectivity index (χ1n) is 4.59. The molecular formula is C8H15N3O2S. The lowest BCUT2D eigenvalue weighted by atomic mass is 10.1. The lowest BCUT2D eigenvalue weighted by Crippen LogP contribution is -2.31. The molecule has 6 heteroatoms. The summed E-state index contributed by atoms with van der Waals surface area (Å²) in [5, 5.41) is 11.4. The van der Waals surface area contributed by atoms with Gasteiger partial charge in [-0.25, -0.2) is 12.7 Å². The van der Waals surface area contributed by atoms with Crippen LogP contribution in [0.15, 0.2) is 0 Å². The predicted molar refractivity (Wildman–Crippen MR) is 53.0 cm³/mol. The fraction of sp³-hybridized carbons (Fsp3) is 0.875. The second kappa shape index (κ2) is 4.73. The molecule has 1 unspecified atom stereocenters. The molecule has 0 aromatic carbocycles. The van der Waals surface area contributed by atoms with E-state index in [0.717, 1.165) is 13.0 Å². The van der Waals surface area contributed by atoms with E-state index in [1.807, 2.05) is 7.05 Å². The van der Waals surface area contributed by atoms with Gasteiger partial charge in [0.05, 0.1) is 6.07 Å². The molecule has 0 aromatic heterocycles. The zero-order chi connectivity index (χ0) is 10.6. The maximum absolute atomic E-state index is 11.5. The number of hydrogen-bond acceptors (Lipinski definition) is 4. The van der Waals surface area contributed by atoms with Crippen LogP contribution in [0.5, 0.6) is 0 Å². The SMILES string of the molecule is CNCC1CCN(S(=O)(=O)CC#N)C1. The first kappa shape index (κ1) is 11.4. The standard InChI is InChI=1S/C8H15N3O2S/c1-10-6-8-2-4-11(7-8)14(12,13)5-3-9/h8,10H,2,4-7H2,1H3. The maximum atomic E-state index is 11.5. The van der Waals surface area contributed by atoms with Crippen molar-refractivity contribution in [1.82, 2.24) is 9.62 Å². The van der Waals surface area contributed by atoms with E-state index in [0.29, 0.717) is 19.0 Å². The van der Waals surface area contributed by atoms with Crippen molar-refractivity contribution in [3.63, 3.8) is 0 Å². The second-order valence-electron chi connectivity index (χ2n) is 3.48. The van der Waals surface area contributed by atoms with E-state index < -0.39 is 15.8 Å². The van der Waals surface area contributed by atoms with Gasteiger partial charge in [-0.05, 0) is 25.9 Å². The van der Waals surface area contributed by atoms with Crippen LogP contribution >= 0.6 is 0 Å². The van der Waals surface area contributed by atoms with Gasteiger partial charge in [0.2, 0.25) is 10.0 Å². The summed E-state index contributed by atoms with van der Waals surface area (Å²) in [6, 6.07) is 1.69. The third kappa shape index (κ3) is 2.67. The molecule has 0 aromatic rings. The van der Waals surface area contributed by atoms with Gasteiger partial charge in [-0.15, -0.1) is 0 Å². The highest BCUT2D eigenvalue weighted by Gasteiger charge is 2.30.